The fourth-order valence-electron chi connectivity index (χ4n) is 4.73. The molecule has 0 N–H and O–H groups in total. The normalized spacial score (nSPS) is 17.5. The number of fused-ring (bicyclic) bond motifs is 2. The summed E-state index contributed by atoms with van der Waals surface area (Å²) < 4.78 is 0. The Morgan fingerprint density at radius 1 is 0.579 bits per heavy atom. The minimum Gasteiger partial charge on any atom is -0.297 e. The maximum absolute atomic E-state index is 4.86. The summed E-state index contributed by atoms with van der Waals surface area (Å²) in [5, 5.41) is 0. The van der Waals surface area contributed by atoms with Gasteiger partial charge < -0.3 is 0 Å². The highest BCUT2D eigenvalue weighted by atomic mass is 15.1. The summed E-state index contributed by atoms with van der Waals surface area (Å²) in [7, 11) is 0. The molecule has 1 aliphatic heterocycles. The van der Waals surface area contributed by atoms with Gasteiger partial charge in [0.2, 0.25) is 0 Å². The van der Waals surface area contributed by atoms with Crippen molar-refractivity contribution in [3.05, 3.63) is 89.8 Å². The molecule has 7 heteroatoms. The average Bonchev–Trinajstić information content (AvgIpc) is 2.95. The van der Waals surface area contributed by atoms with Gasteiger partial charge >= 0.3 is 0 Å². The Bertz CT molecular complexity index is 1070. The minimum absolute atomic E-state index is 0.793. The van der Waals surface area contributed by atoms with E-state index in [1.165, 1.54) is 0 Å². The number of nitrogens with zero attached hydrogens (tertiary/aromatic N) is 7. The van der Waals surface area contributed by atoms with Crippen LogP contribution in [0.2, 0.25) is 0 Å². The molecule has 0 aromatic carbocycles. The SMILES string of the molecule is CC1=NCCCN(Cc2ccccn2)CCCCN(Cc2ccccn2)CCCN=C(C)c2cccc1n2. The number of aliphatic imine (C=N–C) groups is 2. The lowest BCUT2D eigenvalue weighted by atomic mass is 10.2. The molecule has 2 bridgehead atoms. The fourth-order valence-corrected chi connectivity index (χ4v) is 4.73. The number of hydrogen-bond acceptors (Lipinski definition) is 7. The summed E-state index contributed by atoms with van der Waals surface area (Å²) in [4.78, 5) is 28.8. The second-order valence-corrected chi connectivity index (χ2v) is 9.95. The first-order chi connectivity index (χ1) is 18.7. The van der Waals surface area contributed by atoms with Gasteiger partial charge in [0, 0.05) is 51.7 Å². The van der Waals surface area contributed by atoms with Gasteiger partial charge in [-0.3, -0.25) is 29.8 Å². The van der Waals surface area contributed by atoms with Crippen molar-refractivity contribution >= 4 is 11.4 Å². The molecule has 0 atom stereocenters. The molecular weight excluding hydrogens is 470 g/mol. The van der Waals surface area contributed by atoms with Crippen molar-refractivity contribution in [3.8, 4) is 0 Å². The summed E-state index contributed by atoms with van der Waals surface area (Å²) >= 11 is 0. The standard InChI is InChI=1S/C31H41N7/c1-26-30-14-9-15-31(36-30)27(2)33-19-11-23-38(25-29-13-4-6-17-35-29)21-8-7-20-37(22-10-18-32-26)24-28-12-3-5-16-34-28/h3-6,9,12-17H,7-8,10-11,18-25H2,1-2H3. The lowest BCUT2D eigenvalue weighted by Crippen LogP contribution is -2.29. The van der Waals surface area contributed by atoms with Gasteiger partial charge in [-0.15, -0.1) is 0 Å². The summed E-state index contributed by atoms with van der Waals surface area (Å²) in [6, 6.07) is 18.5. The Labute approximate surface area is 227 Å². The summed E-state index contributed by atoms with van der Waals surface area (Å²) in [5.41, 5.74) is 6.08. The van der Waals surface area contributed by atoms with Crippen molar-refractivity contribution in [3.63, 3.8) is 0 Å². The largest absolute Gasteiger partial charge is 0.297 e. The molecule has 4 heterocycles. The highest BCUT2D eigenvalue weighted by Crippen LogP contribution is 2.10. The molecule has 4 rings (SSSR count). The Morgan fingerprint density at radius 3 is 1.50 bits per heavy atom. The number of rotatable bonds is 4. The van der Waals surface area contributed by atoms with E-state index in [1.807, 2.05) is 36.7 Å². The van der Waals surface area contributed by atoms with Gasteiger partial charge in [0.05, 0.1) is 34.2 Å². The molecule has 7 nitrogen and oxygen atoms in total. The van der Waals surface area contributed by atoms with Gasteiger partial charge in [-0.25, -0.2) is 4.98 Å². The molecule has 3 aromatic rings. The fraction of sp³-hybridized carbons (Fsp3) is 0.452. The highest BCUT2D eigenvalue weighted by molar-refractivity contribution is 6.00. The molecule has 38 heavy (non-hydrogen) atoms. The van der Waals surface area contributed by atoms with Crippen LogP contribution >= 0.6 is 0 Å². The summed E-state index contributed by atoms with van der Waals surface area (Å²) in [6.45, 7) is 11.6. The zero-order chi connectivity index (χ0) is 26.4. The molecule has 0 amide bonds. The molecule has 0 aliphatic carbocycles. The average molecular weight is 512 g/mol. The van der Waals surface area contributed by atoms with Crippen molar-refractivity contribution in [1.29, 1.82) is 0 Å². The van der Waals surface area contributed by atoms with Crippen LogP contribution in [-0.4, -0.2) is 75.4 Å². The van der Waals surface area contributed by atoms with E-state index in [2.05, 4.69) is 63.9 Å². The first-order valence-electron chi connectivity index (χ1n) is 13.9. The van der Waals surface area contributed by atoms with Crippen molar-refractivity contribution in [2.75, 3.05) is 39.3 Å². The van der Waals surface area contributed by atoms with Crippen LogP contribution in [0.25, 0.3) is 0 Å². The number of aromatic nitrogens is 3. The topological polar surface area (TPSA) is 69.9 Å². The van der Waals surface area contributed by atoms with Crippen LogP contribution in [0.5, 0.6) is 0 Å². The molecule has 1 aliphatic rings. The zero-order valence-electron chi connectivity index (χ0n) is 23.0. The molecule has 0 fully saturated rings. The van der Waals surface area contributed by atoms with Crippen LogP contribution < -0.4 is 0 Å². The van der Waals surface area contributed by atoms with E-state index in [4.69, 9.17) is 15.0 Å². The van der Waals surface area contributed by atoms with E-state index in [0.717, 1.165) is 112 Å². The van der Waals surface area contributed by atoms with Crippen LogP contribution in [0.15, 0.2) is 77.0 Å². The van der Waals surface area contributed by atoms with Gasteiger partial charge in [0.25, 0.3) is 0 Å². The smallest absolute Gasteiger partial charge is 0.0845 e. The van der Waals surface area contributed by atoms with Crippen LogP contribution in [-0.2, 0) is 13.1 Å². The Balaban J connectivity index is 1.48. The van der Waals surface area contributed by atoms with Gasteiger partial charge in [-0.1, -0.05) is 18.2 Å². The Morgan fingerprint density at radius 2 is 1.05 bits per heavy atom. The van der Waals surface area contributed by atoms with Gasteiger partial charge in [0.15, 0.2) is 0 Å². The predicted molar refractivity (Wildman–Crippen MR) is 156 cm³/mol. The summed E-state index contributed by atoms with van der Waals surface area (Å²) in [5.74, 6) is 0. The van der Waals surface area contributed by atoms with Crippen LogP contribution in [0.4, 0.5) is 0 Å². The first-order valence-corrected chi connectivity index (χ1v) is 13.9. The maximum atomic E-state index is 4.86. The van der Waals surface area contributed by atoms with Crippen LogP contribution in [0.1, 0.15) is 62.3 Å². The maximum Gasteiger partial charge on any atom is 0.0845 e. The quantitative estimate of drug-likeness (QED) is 0.489. The molecule has 200 valence electrons. The third kappa shape index (κ3) is 9.23. The van der Waals surface area contributed by atoms with Gasteiger partial charge in [0.1, 0.15) is 0 Å². The third-order valence-electron chi connectivity index (χ3n) is 6.88. The van der Waals surface area contributed by atoms with E-state index in [0.29, 0.717) is 0 Å². The van der Waals surface area contributed by atoms with Crippen molar-refractivity contribution < 1.29 is 0 Å². The molecular formula is C31H41N7. The van der Waals surface area contributed by atoms with E-state index < -0.39 is 0 Å². The van der Waals surface area contributed by atoms with Gasteiger partial charge in [-0.05, 0) is 89.0 Å². The molecule has 0 saturated carbocycles. The van der Waals surface area contributed by atoms with Crippen molar-refractivity contribution in [2.24, 2.45) is 9.98 Å². The minimum atomic E-state index is 0.793. The molecule has 0 saturated heterocycles. The second-order valence-electron chi connectivity index (χ2n) is 9.95. The van der Waals surface area contributed by atoms with Gasteiger partial charge in [-0.2, -0.15) is 0 Å². The predicted octanol–water partition coefficient (Wildman–Crippen LogP) is 5.07. The number of pyridine rings is 3. The van der Waals surface area contributed by atoms with E-state index in [9.17, 15) is 0 Å². The van der Waals surface area contributed by atoms with E-state index in [1.54, 1.807) is 0 Å². The lowest BCUT2D eigenvalue weighted by Gasteiger charge is -2.24. The van der Waals surface area contributed by atoms with Crippen molar-refractivity contribution in [1.82, 2.24) is 24.8 Å². The third-order valence-corrected chi connectivity index (χ3v) is 6.88. The van der Waals surface area contributed by atoms with Crippen molar-refractivity contribution in [2.45, 2.75) is 52.6 Å². The van der Waals surface area contributed by atoms with Crippen LogP contribution in [0.3, 0.4) is 0 Å². The Hall–Kier alpha value is -3.29. The highest BCUT2D eigenvalue weighted by Gasteiger charge is 2.11. The lowest BCUT2D eigenvalue weighted by molar-refractivity contribution is 0.228. The monoisotopic (exact) mass is 511 g/mol. The molecule has 0 spiro atoms. The summed E-state index contributed by atoms with van der Waals surface area (Å²) in [6.07, 6.45) is 8.10. The molecule has 3 aromatic heterocycles. The molecule has 0 unspecified atom stereocenters. The Kier molecular flexibility index (Phi) is 11.1. The van der Waals surface area contributed by atoms with E-state index in [-0.39, 0.29) is 0 Å². The van der Waals surface area contributed by atoms with Crippen LogP contribution in [0, 0.1) is 0 Å². The zero-order valence-corrected chi connectivity index (χ0v) is 23.0. The molecule has 0 radical (unpaired) electrons. The number of hydrogen-bond donors (Lipinski definition) is 0. The first kappa shape index (κ1) is 27.7. The van der Waals surface area contributed by atoms with E-state index >= 15 is 0 Å². The second kappa shape index (κ2) is 15.2.